The van der Waals surface area contributed by atoms with Crippen LogP contribution in [0.4, 0.5) is 5.69 Å². The summed E-state index contributed by atoms with van der Waals surface area (Å²) >= 11 is 1.89. The number of nitrogens with two attached hydrogens (primary N) is 1. The Morgan fingerprint density at radius 1 is 1.36 bits per heavy atom. The summed E-state index contributed by atoms with van der Waals surface area (Å²) in [5, 5.41) is 0.505. The summed E-state index contributed by atoms with van der Waals surface area (Å²) in [5.41, 5.74) is 7.76. The molecule has 0 bridgehead atoms. The van der Waals surface area contributed by atoms with Crippen LogP contribution < -0.4 is 5.73 Å². The second-order valence-electron chi connectivity index (χ2n) is 3.17. The lowest BCUT2D eigenvalue weighted by atomic mass is 10.1. The smallest absolute Gasteiger partial charge is 0.0553 e. The van der Waals surface area contributed by atoms with Crippen LogP contribution in [0.15, 0.2) is 24.3 Å². The first-order valence-electron chi connectivity index (χ1n) is 4.70. The molecule has 0 spiro atoms. The average molecular weight is 211 g/mol. The van der Waals surface area contributed by atoms with Crippen molar-refractivity contribution in [3.63, 3.8) is 0 Å². The van der Waals surface area contributed by atoms with Gasteiger partial charge in [-0.3, -0.25) is 0 Å². The van der Waals surface area contributed by atoms with Gasteiger partial charge in [-0.15, -0.1) is 0 Å². The number of benzene rings is 1. The largest absolute Gasteiger partial charge is 0.399 e. The third-order valence-corrected chi connectivity index (χ3v) is 3.24. The van der Waals surface area contributed by atoms with Crippen molar-refractivity contribution in [3.05, 3.63) is 29.8 Å². The zero-order valence-corrected chi connectivity index (χ0v) is 9.51. The van der Waals surface area contributed by atoms with Gasteiger partial charge in [-0.25, -0.2) is 0 Å². The van der Waals surface area contributed by atoms with Gasteiger partial charge >= 0.3 is 0 Å². The molecule has 2 nitrogen and oxygen atoms in total. The Balaban J connectivity index is 2.43. The van der Waals surface area contributed by atoms with E-state index >= 15 is 0 Å². The minimum atomic E-state index is 0.505. The Labute approximate surface area is 89.8 Å². The molecule has 1 unspecified atom stereocenters. The Hall–Kier alpha value is -0.670. The third-order valence-electron chi connectivity index (χ3n) is 2.06. The number of methoxy groups -OCH3 is 1. The fourth-order valence-corrected chi connectivity index (χ4v) is 2.14. The van der Waals surface area contributed by atoms with Crippen LogP contribution in [0.25, 0.3) is 0 Å². The third kappa shape index (κ3) is 3.60. The standard InChI is InChI=1S/C11H17NOS/c1-9(14-8-7-13-2)10-3-5-11(12)6-4-10/h3-6,9H,7-8,12H2,1-2H3. The summed E-state index contributed by atoms with van der Waals surface area (Å²) in [6.07, 6.45) is 0. The molecule has 0 aliphatic carbocycles. The molecule has 0 aliphatic rings. The van der Waals surface area contributed by atoms with Crippen LogP contribution >= 0.6 is 11.8 Å². The second kappa shape index (κ2) is 5.94. The van der Waals surface area contributed by atoms with Gasteiger partial charge in [0.1, 0.15) is 0 Å². The molecule has 0 heterocycles. The van der Waals surface area contributed by atoms with E-state index in [4.69, 9.17) is 10.5 Å². The number of ether oxygens (including phenoxy) is 1. The monoisotopic (exact) mass is 211 g/mol. The lowest BCUT2D eigenvalue weighted by Gasteiger charge is -2.11. The fourth-order valence-electron chi connectivity index (χ4n) is 1.17. The van der Waals surface area contributed by atoms with Crippen molar-refractivity contribution in [2.75, 3.05) is 25.2 Å². The zero-order valence-electron chi connectivity index (χ0n) is 8.69. The van der Waals surface area contributed by atoms with E-state index in [1.165, 1.54) is 5.56 Å². The second-order valence-corrected chi connectivity index (χ2v) is 4.62. The van der Waals surface area contributed by atoms with Crippen molar-refractivity contribution in [2.24, 2.45) is 0 Å². The minimum absolute atomic E-state index is 0.505. The highest BCUT2D eigenvalue weighted by molar-refractivity contribution is 7.99. The molecule has 2 N–H and O–H groups in total. The Bertz CT molecular complexity index is 260. The summed E-state index contributed by atoms with van der Waals surface area (Å²) in [6, 6.07) is 8.06. The Kier molecular flexibility index (Phi) is 4.84. The molecule has 78 valence electrons. The molecule has 0 radical (unpaired) electrons. The van der Waals surface area contributed by atoms with Crippen LogP contribution in [0.3, 0.4) is 0 Å². The van der Waals surface area contributed by atoms with E-state index in [2.05, 4.69) is 19.1 Å². The molecule has 1 atom stereocenters. The van der Waals surface area contributed by atoms with E-state index < -0.39 is 0 Å². The highest BCUT2D eigenvalue weighted by Crippen LogP contribution is 2.28. The molecule has 1 rings (SSSR count). The molecule has 3 heteroatoms. The molecule has 0 aromatic heterocycles. The van der Waals surface area contributed by atoms with E-state index in [9.17, 15) is 0 Å². The quantitative estimate of drug-likeness (QED) is 0.601. The molecule has 0 aliphatic heterocycles. The molecule has 1 aromatic rings. The van der Waals surface area contributed by atoms with Crippen molar-refractivity contribution >= 4 is 17.4 Å². The number of hydrogen-bond donors (Lipinski definition) is 1. The maximum Gasteiger partial charge on any atom is 0.0553 e. The van der Waals surface area contributed by atoms with Gasteiger partial charge in [0, 0.05) is 23.8 Å². The molecule has 14 heavy (non-hydrogen) atoms. The van der Waals surface area contributed by atoms with Gasteiger partial charge in [-0.2, -0.15) is 11.8 Å². The number of thioether (sulfide) groups is 1. The van der Waals surface area contributed by atoms with Crippen molar-refractivity contribution < 1.29 is 4.74 Å². The van der Waals surface area contributed by atoms with Crippen LogP contribution in [-0.2, 0) is 4.74 Å². The summed E-state index contributed by atoms with van der Waals surface area (Å²) in [5.74, 6) is 1.03. The predicted octanol–water partition coefficient (Wildman–Crippen LogP) is 2.71. The summed E-state index contributed by atoms with van der Waals surface area (Å²) in [6.45, 7) is 3.01. The van der Waals surface area contributed by atoms with E-state index in [1.54, 1.807) is 7.11 Å². The van der Waals surface area contributed by atoms with E-state index in [-0.39, 0.29) is 0 Å². The lowest BCUT2D eigenvalue weighted by Crippen LogP contribution is -1.96. The number of rotatable bonds is 5. The van der Waals surface area contributed by atoms with Gasteiger partial charge in [0.2, 0.25) is 0 Å². The first-order valence-corrected chi connectivity index (χ1v) is 5.75. The highest BCUT2D eigenvalue weighted by Gasteiger charge is 2.04. The Morgan fingerprint density at radius 3 is 2.57 bits per heavy atom. The Morgan fingerprint density at radius 2 is 2.00 bits per heavy atom. The number of anilines is 1. The van der Waals surface area contributed by atoms with Gasteiger partial charge in [0.05, 0.1) is 6.61 Å². The minimum Gasteiger partial charge on any atom is -0.399 e. The summed E-state index contributed by atoms with van der Waals surface area (Å²) in [7, 11) is 1.73. The van der Waals surface area contributed by atoms with Gasteiger partial charge in [0.15, 0.2) is 0 Å². The van der Waals surface area contributed by atoms with E-state index in [1.807, 2.05) is 23.9 Å². The molecule has 0 fully saturated rings. The van der Waals surface area contributed by atoms with Crippen molar-refractivity contribution in [2.45, 2.75) is 12.2 Å². The predicted molar refractivity (Wildman–Crippen MR) is 63.6 cm³/mol. The van der Waals surface area contributed by atoms with Crippen LogP contribution in [0.1, 0.15) is 17.7 Å². The van der Waals surface area contributed by atoms with Gasteiger partial charge in [-0.05, 0) is 24.6 Å². The summed E-state index contributed by atoms with van der Waals surface area (Å²) < 4.78 is 5.01. The van der Waals surface area contributed by atoms with Gasteiger partial charge < -0.3 is 10.5 Å². The van der Waals surface area contributed by atoms with E-state index in [0.29, 0.717) is 5.25 Å². The fraction of sp³-hybridized carbons (Fsp3) is 0.455. The van der Waals surface area contributed by atoms with Crippen LogP contribution in [0.5, 0.6) is 0 Å². The zero-order chi connectivity index (χ0) is 10.4. The first kappa shape index (κ1) is 11.4. The van der Waals surface area contributed by atoms with Gasteiger partial charge in [-0.1, -0.05) is 12.1 Å². The molecule has 0 amide bonds. The molecule has 0 saturated heterocycles. The number of nitrogen functional groups attached to an aromatic ring is 1. The number of hydrogen-bond acceptors (Lipinski definition) is 3. The van der Waals surface area contributed by atoms with Crippen LogP contribution in [0, 0.1) is 0 Å². The molecular formula is C11H17NOS. The highest BCUT2D eigenvalue weighted by atomic mass is 32.2. The van der Waals surface area contributed by atoms with Crippen molar-refractivity contribution in [3.8, 4) is 0 Å². The maximum atomic E-state index is 5.62. The molecular weight excluding hydrogens is 194 g/mol. The molecule has 0 saturated carbocycles. The van der Waals surface area contributed by atoms with Gasteiger partial charge in [0.25, 0.3) is 0 Å². The normalized spacial score (nSPS) is 12.7. The molecule has 1 aromatic carbocycles. The van der Waals surface area contributed by atoms with Crippen molar-refractivity contribution in [1.82, 2.24) is 0 Å². The first-order chi connectivity index (χ1) is 6.74. The SMILES string of the molecule is COCCSC(C)c1ccc(N)cc1. The maximum absolute atomic E-state index is 5.62. The topological polar surface area (TPSA) is 35.2 Å². The van der Waals surface area contributed by atoms with E-state index in [0.717, 1.165) is 18.0 Å². The average Bonchev–Trinajstić information content (AvgIpc) is 2.19. The van der Waals surface area contributed by atoms with Crippen LogP contribution in [0.2, 0.25) is 0 Å². The van der Waals surface area contributed by atoms with Crippen LogP contribution in [-0.4, -0.2) is 19.5 Å². The lowest BCUT2D eigenvalue weighted by molar-refractivity contribution is 0.218. The van der Waals surface area contributed by atoms with Crippen molar-refractivity contribution in [1.29, 1.82) is 0 Å². The summed E-state index contributed by atoms with van der Waals surface area (Å²) in [4.78, 5) is 0.